The number of benzene rings is 3. The molecule has 0 radical (unpaired) electrons. The van der Waals surface area contributed by atoms with Crippen molar-refractivity contribution in [3.05, 3.63) is 76.9 Å². The number of hydrogen-bond acceptors (Lipinski definition) is 7. The van der Waals surface area contributed by atoms with Gasteiger partial charge in [-0.3, -0.25) is 4.90 Å². The molecular weight excluding hydrogens is 482 g/mol. The van der Waals surface area contributed by atoms with Gasteiger partial charge in [-0.2, -0.15) is 0 Å². The molecule has 0 aromatic heterocycles. The number of methoxy groups -OCH3 is 2. The molecule has 0 amide bonds. The summed E-state index contributed by atoms with van der Waals surface area (Å²) < 4.78 is 35.5. The van der Waals surface area contributed by atoms with E-state index in [4.69, 9.17) is 23.5 Å². The zero-order valence-corrected chi connectivity index (χ0v) is 20.9. The Bertz CT molecular complexity index is 1310. The molecule has 0 saturated carbocycles. The van der Waals surface area contributed by atoms with Crippen molar-refractivity contribution < 1.29 is 32.5 Å². The summed E-state index contributed by atoms with van der Waals surface area (Å²) in [5, 5.41) is 9.06. The summed E-state index contributed by atoms with van der Waals surface area (Å²) in [7, 11) is 3.13. The van der Waals surface area contributed by atoms with Crippen LogP contribution in [0.25, 0.3) is 0 Å². The van der Waals surface area contributed by atoms with E-state index in [1.165, 1.54) is 0 Å². The molecule has 2 aliphatic rings. The smallest absolute Gasteiger partial charge is 0.341 e. The van der Waals surface area contributed by atoms with Crippen LogP contribution in [0.2, 0.25) is 0 Å². The molecule has 2 aliphatic heterocycles. The normalized spacial score (nSPS) is 17.2. The van der Waals surface area contributed by atoms with Gasteiger partial charge >= 0.3 is 5.97 Å². The molecule has 0 fully saturated rings. The number of rotatable bonds is 8. The molecule has 0 aliphatic carbocycles. The monoisotopic (exact) mass is 509 g/mol. The molecule has 0 spiro atoms. The molecule has 3 aromatic rings. The fraction of sp³-hybridized carbons (Fsp3) is 0.296. The SMILES string of the molecule is COc1cc2c(cc1OCC(=O)O)C1Cc3ccc(OC)c(OS(=O)c4ccccc4)c3CN1CC2. The summed E-state index contributed by atoms with van der Waals surface area (Å²) >= 11 is -1.68. The second-order valence-corrected chi connectivity index (χ2v) is 9.80. The zero-order chi connectivity index (χ0) is 25.2. The summed E-state index contributed by atoms with van der Waals surface area (Å²) in [5.41, 5.74) is 4.32. The first-order valence-corrected chi connectivity index (χ1v) is 12.7. The zero-order valence-electron chi connectivity index (χ0n) is 20.1. The van der Waals surface area contributed by atoms with Gasteiger partial charge in [0, 0.05) is 24.7 Å². The van der Waals surface area contributed by atoms with Crippen molar-refractivity contribution >= 4 is 17.0 Å². The number of hydrogen-bond donors (Lipinski definition) is 1. The molecule has 2 atom stereocenters. The van der Waals surface area contributed by atoms with Gasteiger partial charge in [0.1, 0.15) is 0 Å². The van der Waals surface area contributed by atoms with Crippen LogP contribution in [0.5, 0.6) is 23.0 Å². The first-order chi connectivity index (χ1) is 17.5. The van der Waals surface area contributed by atoms with E-state index in [1.807, 2.05) is 42.5 Å². The van der Waals surface area contributed by atoms with E-state index in [-0.39, 0.29) is 6.04 Å². The third-order valence-electron chi connectivity index (χ3n) is 6.66. The first kappa shape index (κ1) is 24.1. The lowest BCUT2D eigenvalue weighted by Gasteiger charge is -2.42. The van der Waals surface area contributed by atoms with Gasteiger partial charge in [0.05, 0.1) is 19.1 Å². The third kappa shape index (κ3) is 4.64. The van der Waals surface area contributed by atoms with Gasteiger partial charge in [-0.25, -0.2) is 9.00 Å². The average Bonchev–Trinajstić information content (AvgIpc) is 2.90. The number of fused-ring (bicyclic) bond motifs is 4. The molecule has 5 rings (SSSR count). The minimum atomic E-state index is -1.68. The van der Waals surface area contributed by atoms with Gasteiger partial charge in [-0.1, -0.05) is 24.3 Å². The quantitative estimate of drug-likeness (QED) is 0.488. The summed E-state index contributed by atoms with van der Waals surface area (Å²) in [5.74, 6) is 0.953. The molecule has 188 valence electrons. The van der Waals surface area contributed by atoms with Crippen LogP contribution < -0.4 is 18.4 Å². The third-order valence-corrected chi connectivity index (χ3v) is 7.63. The van der Waals surface area contributed by atoms with Crippen LogP contribution in [-0.4, -0.2) is 47.6 Å². The van der Waals surface area contributed by atoms with Crippen molar-refractivity contribution in [1.29, 1.82) is 0 Å². The molecule has 9 heteroatoms. The Morgan fingerprint density at radius 1 is 1.03 bits per heavy atom. The predicted molar refractivity (Wildman–Crippen MR) is 133 cm³/mol. The first-order valence-electron chi connectivity index (χ1n) is 11.6. The minimum Gasteiger partial charge on any atom is -0.493 e. The lowest BCUT2D eigenvalue weighted by Crippen LogP contribution is -2.39. The summed E-state index contributed by atoms with van der Waals surface area (Å²) in [6.07, 6.45) is 1.53. The maximum atomic E-state index is 13.0. The highest BCUT2D eigenvalue weighted by Crippen LogP contribution is 2.46. The fourth-order valence-corrected chi connectivity index (χ4v) is 5.74. The Labute approximate surface area is 212 Å². The molecule has 3 aromatic carbocycles. The van der Waals surface area contributed by atoms with Crippen molar-refractivity contribution in [1.82, 2.24) is 4.90 Å². The van der Waals surface area contributed by atoms with E-state index in [2.05, 4.69) is 4.90 Å². The number of aliphatic carboxylic acids is 1. The molecular formula is C27H27NO7S. The summed E-state index contributed by atoms with van der Waals surface area (Å²) in [4.78, 5) is 14.0. The van der Waals surface area contributed by atoms with Crippen molar-refractivity contribution in [2.45, 2.75) is 30.3 Å². The van der Waals surface area contributed by atoms with Gasteiger partial charge in [0.15, 0.2) is 29.6 Å². The van der Waals surface area contributed by atoms with Crippen LogP contribution in [-0.2, 0) is 35.3 Å². The van der Waals surface area contributed by atoms with E-state index in [9.17, 15) is 9.00 Å². The number of nitrogens with zero attached hydrogens (tertiary/aromatic N) is 1. The topological polar surface area (TPSA) is 94.5 Å². The highest BCUT2D eigenvalue weighted by Gasteiger charge is 2.35. The Balaban J connectivity index is 1.49. The summed E-state index contributed by atoms with van der Waals surface area (Å²) in [6, 6.07) is 16.9. The number of carbonyl (C=O) groups is 1. The van der Waals surface area contributed by atoms with Crippen molar-refractivity contribution in [2.24, 2.45) is 0 Å². The van der Waals surface area contributed by atoms with Crippen LogP contribution in [0, 0.1) is 0 Å². The summed E-state index contributed by atoms with van der Waals surface area (Å²) in [6.45, 7) is 0.995. The second kappa shape index (κ2) is 10.2. The minimum absolute atomic E-state index is 0.0835. The van der Waals surface area contributed by atoms with Crippen molar-refractivity contribution in [3.63, 3.8) is 0 Å². The molecule has 2 unspecified atom stereocenters. The Morgan fingerprint density at radius 2 is 1.81 bits per heavy atom. The average molecular weight is 510 g/mol. The Kier molecular flexibility index (Phi) is 6.84. The number of carboxylic acid groups (broad SMARTS) is 1. The largest absolute Gasteiger partial charge is 0.493 e. The van der Waals surface area contributed by atoms with Crippen LogP contribution in [0.3, 0.4) is 0 Å². The molecule has 36 heavy (non-hydrogen) atoms. The Morgan fingerprint density at radius 3 is 2.53 bits per heavy atom. The lowest BCUT2D eigenvalue weighted by molar-refractivity contribution is -0.139. The maximum absolute atomic E-state index is 13.0. The van der Waals surface area contributed by atoms with E-state index in [1.54, 1.807) is 26.4 Å². The molecule has 1 N–H and O–H groups in total. The number of ether oxygens (including phenoxy) is 3. The van der Waals surface area contributed by atoms with Gasteiger partial charge in [-0.05, 0) is 59.9 Å². The van der Waals surface area contributed by atoms with E-state index in [0.717, 1.165) is 35.2 Å². The highest BCUT2D eigenvalue weighted by atomic mass is 32.2. The highest BCUT2D eigenvalue weighted by molar-refractivity contribution is 7.80. The van der Waals surface area contributed by atoms with E-state index < -0.39 is 23.7 Å². The van der Waals surface area contributed by atoms with Gasteiger partial charge in [0.25, 0.3) is 0 Å². The van der Waals surface area contributed by atoms with Crippen LogP contribution >= 0.6 is 0 Å². The van der Waals surface area contributed by atoms with Crippen molar-refractivity contribution in [2.75, 3.05) is 27.4 Å². The van der Waals surface area contributed by atoms with Gasteiger partial charge in [-0.15, -0.1) is 0 Å². The van der Waals surface area contributed by atoms with Crippen LogP contribution in [0.1, 0.15) is 28.3 Å². The molecule has 0 saturated heterocycles. The van der Waals surface area contributed by atoms with E-state index in [0.29, 0.717) is 40.9 Å². The fourth-order valence-electron chi connectivity index (χ4n) is 4.93. The second-order valence-electron chi connectivity index (χ2n) is 8.69. The number of carboxylic acids is 1. The predicted octanol–water partition coefficient (Wildman–Crippen LogP) is 3.92. The standard InChI is InChI=1S/C27H27NO7S/c1-32-23-9-8-17-12-22-20-14-25(34-16-26(29)30)24(33-2)13-18(20)10-11-28(22)15-21(17)27(23)35-36(31)19-6-4-3-5-7-19/h3-9,13-14,22H,10-12,15-16H2,1-2H3,(H,29,30). The van der Waals surface area contributed by atoms with Crippen molar-refractivity contribution in [3.8, 4) is 23.0 Å². The molecule has 0 bridgehead atoms. The maximum Gasteiger partial charge on any atom is 0.341 e. The Hall–Kier alpha value is -3.56. The van der Waals surface area contributed by atoms with Gasteiger partial charge in [0.2, 0.25) is 11.1 Å². The van der Waals surface area contributed by atoms with Crippen LogP contribution in [0.4, 0.5) is 0 Å². The lowest BCUT2D eigenvalue weighted by atomic mass is 9.83. The van der Waals surface area contributed by atoms with Crippen LogP contribution in [0.15, 0.2) is 59.5 Å². The molecule has 8 nitrogen and oxygen atoms in total. The van der Waals surface area contributed by atoms with E-state index >= 15 is 0 Å². The molecule has 2 heterocycles. The van der Waals surface area contributed by atoms with Gasteiger partial charge < -0.3 is 23.5 Å².